The standard InChI is InChI=1S/C13H24N2O3/c1-11(6-7-12(16)17)10-14-13(18)15-8-4-2-3-5-9-15/h11H,2-10H2,1H3,(H,14,18)(H,16,17). The van der Waals surface area contributed by atoms with Crippen LogP contribution in [0.5, 0.6) is 0 Å². The summed E-state index contributed by atoms with van der Waals surface area (Å²) in [6, 6.07) is -0.000856. The fourth-order valence-electron chi connectivity index (χ4n) is 2.12. The van der Waals surface area contributed by atoms with Crippen LogP contribution >= 0.6 is 0 Å². The molecular formula is C13H24N2O3. The Kier molecular flexibility index (Phi) is 6.54. The number of aliphatic carboxylic acids is 1. The predicted molar refractivity (Wildman–Crippen MR) is 69.5 cm³/mol. The molecule has 2 amide bonds. The first-order valence-corrected chi connectivity index (χ1v) is 6.84. The van der Waals surface area contributed by atoms with Crippen LogP contribution < -0.4 is 5.32 Å². The molecule has 104 valence electrons. The van der Waals surface area contributed by atoms with Crippen LogP contribution in [0.4, 0.5) is 4.79 Å². The van der Waals surface area contributed by atoms with Crippen molar-refractivity contribution in [1.29, 1.82) is 0 Å². The highest BCUT2D eigenvalue weighted by Crippen LogP contribution is 2.10. The number of carbonyl (C=O) groups excluding carboxylic acids is 1. The number of carbonyl (C=O) groups is 2. The molecule has 1 heterocycles. The van der Waals surface area contributed by atoms with E-state index in [1.165, 1.54) is 12.8 Å². The van der Waals surface area contributed by atoms with Gasteiger partial charge in [0.2, 0.25) is 0 Å². The van der Waals surface area contributed by atoms with Gasteiger partial charge in [0.1, 0.15) is 0 Å². The van der Waals surface area contributed by atoms with Gasteiger partial charge in [-0.1, -0.05) is 19.8 Å². The average molecular weight is 256 g/mol. The van der Waals surface area contributed by atoms with Crippen molar-refractivity contribution in [2.75, 3.05) is 19.6 Å². The van der Waals surface area contributed by atoms with Crippen molar-refractivity contribution < 1.29 is 14.7 Å². The van der Waals surface area contributed by atoms with Gasteiger partial charge in [-0.25, -0.2) is 4.79 Å². The first-order chi connectivity index (χ1) is 8.59. The van der Waals surface area contributed by atoms with Crippen molar-refractivity contribution in [1.82, 2.24) is 10.2 Å². The fraction of sp³-hybridized carbons (Fsp3) is 0.846. The molecule has 0 radical (unpaired) electrons. The molecule has 2 N–H and O–H groups in total. The lowest BCUT2D eigenvalue weighted by atomic mass is 10.1. The summed E-state index contributed by atoms with van der Waals surface area (Å²) in [6.45, 7) is 4.21. The Morgan fingerprint density at radius 3 is 2.39 bits per heavy atom. The van der Waals surface area contributed by atoms with Crippen LogP contribution in [0.25, 0.3) is 0 Å². The highest BCUT2D eigenvalue weighted by atomic mass is 16.4. The summed E-state index contributed by atoms with van der Waals surface area (Å²) >= 11 is 0. The van der Waals surface area contributed by atoms with Crippen LogP contribution in [0.3, 0.4) is 0 Å². The van der Waals surface area contributed by atoms with Crippen LogP contribution in [0, 0.1) is 5.92 Å². The van der Waals surface area contributed by atoms with E-state index < -0.39 is 5.97 Å². The Bertz CT molecular complexity index is 273. The minimum absolute atomic E-state index is 0.000856. The third kappa shape index (κ3) is 5.89. The van der Waals surface area contributed by atoms with E-state index in [9.17, 15) is 9.59 Å². The lowest BCUT2D eigenvalue weighted by molar-refractivity contribution is -0.137. The van der Waals surface area contributed by atoms with Crippen molar-refractivity contribution in [2.45, 2.75) is 45.4 Å². The summed E-state index contributed by atoms with van der Waals surface area (Å²) in [5.41, 5.74) is 0. The van der Waals surface area contributed by atoms with E-state index in [0.29, 0.717) is 13.0 Å². The second-order valence-corrected chi connectivity index (χ2v) is 5.12. The molecular weight excluding hydrogens is 232 g/mol. The molecule has 1 aliphatic rings. The summed E-state index contributed by atoms with van der Waals surface area (Å²) in [5, 5.41) is 11.5. The number of nitrogens with zero attached hydrogens (tertiary/aromatic N) is 1. The number of carboxylic acids is 1. The predicted octanol–water partition coefficient (Wildman–Crippen LogP) is 2.07. The molecule has 0 aromatic rings. The summed E-state index contributed by atoms with van der Waals surface area (Å²) in [7, 11) is 0. The van der Waals surface area contributed by atoms with Crippen LogP contribution in [0.1, 0.15) is 45.4 Å². The van der Waals surface area contributed by atoms with E-state index in [1.807, 2.05) is 11.8 Å². The summed E-state index contributed by atoms with van der Waals surface area (Å²) in [5.74, 6) is -0.572. The van der Waals surface area contributed by atoms with E-state index in [-0.39, 0.29) is 18.4 Å². The second-order valence-electron chi connectivity index (χ2n) is 5.12. The lowest BCUT2D eigenvalue weighted by Crippen LogP contribution is -2.42. The minimum Gasteiger partial charge on any atom is -0.481 e. The SMILES string of the molecule is CC(CCC(=O)O)CNC(=O)N1CCCCCC1. The zero-order chi connectivity index (χ0) is 13.4. The normalized spacial score (nSPS) is 17.9. The third-order valence-corrected chi connectivity index (χ3v) is 3.35. The summed E-state index contributed by atoms with van der Waals surface area (Å²) in [6.07, 6.45) is 5.36. The van der Waals surface area contributed by atoms with Gasteiger partial charge < -0.3 is 15.3 Å². The molecule has 1 atom stereocenters. The molecule has 0 aromatic carbocycles. The number of hydrogen-bond acceptors (Lipinski definition) is 2. The van der Waals surface area contributed by atoms with E-state index >= 15 is 0 Å². The molecule has 0 aromatic heterocycles. The van der Waals surface area contributed by atoms with Gasteiger partial charge in [0.05, 0.1) is 0 Å². The maximum absolute atomic E-state index is 11.9. The van der Waals surface area contributed by atoms with Crippen LogP contribution in [-0.2, 0) is 4.79 Å². The highest BCUT2D eigenvalue weighted by Gasteiger charge is 2.15. The first kappa shape index (κ1) is 14.8. The maximum atomic E-state index is 11.9. The van der Waals surface area contributed by atoms with E-state index in [2.05, 4.69) is 5.32 Å². The van der Waals surface area contributed by atoms with E-state index in [0.717, 1.165) is 25.9 Å². The second kappa shape index (κ2) is 7.95. The van der Waals surface area contributed by atoms with Crippen LogP contribution in [-0.4, -0.2) is 41.6 Å². The van der Waals surface area contributed by atoms with Crippen LogP contribution in [0.15, 0.2) is 0 Å². The number of hydrogen-bond donors (Lipinski definition) is 2. The van der Waals surface area contributed by atoms with Gasteiger partial charge in [-0.15, -0.1) is 0 Å². The molecule has 1 unspecified atom stereocenters. The smallest absolute Gasteiger partial charge is 0.317 e. The maximum Gasteiger partial charge on any atom is 0.317 e. The van der Waals surface area contributed by atoms with Gasteiger partial charge in [0.15, 0.2) is 0 Å². The summed E-state index contributed by atoms with van der Waals surface area (Å²) in [4.78, 5) is 24.2. The highest BCUT2D eigenvalue weighted by molar-refractivity contribution is 5.74. The number of rotatable bonds is 5. The van der Waals surface area contributed by atoms with Gasteiger partial charge in [-0.2, -0.15) is 0 Å². The zero-order valence-corrected chi connectivity index (χ0v) is 11.2. The number of likely N-dealkylation sites (tertiary alicyclic amines) is 1. The molecule has 0 bridgehead atoms. The van der Waals surface area contributed by atoms with Crippen molar-refractivity contribution in [3.63, 3.8) is 0 Å². The third-order valence-electron chi connectivity index (χ3n) is 3.35. The van der Waals surface area contributed by atoms with Crippen molar-refractivity contribution in [3.8, 4) is 0 Å². The molecule has 18 heavy (non-hydrogen) atoms. The molecule has 1 fully saturated rings. The van der Waals surface area contributed by atoms with Crippen molar-refractivity contribution >= 4 is 12.0 Å². The van der Waals surface area contributed by atoms with Gasteiger partial charge in [0.25, 0.3) is 0 Å². The summed E-state index contributed by atoms with van der Waals surface area (Å²) < 4.78 is 0. The Labute approximate surface area is 109 Å². The van der Waals surface area contributed by atoms with Crippen molar-refractivity contribution in [2.24, 2.45) is 5.92 Å². The van der Waals surface area contributed by atoms with Gasteiger partial charge in [-0.3, -0.25) is 4.79 Å². The first-order valence-electron chi connectivity index (χ1n) is 6.84. The van der Waals surface area contributed by atoms with Gasteiger partial charge in [0, 0.05) is 26.1 Å². The molecule has 1 aliphatic heterocycles. The van der Waals surface area contributed by atoms with Crippen LogP contribution in [0.2, 0.25) is 0 Å². The molecule has 5 heteroatoms. The Balaban J connectivity index is 2.20. The molecule has 5 nitrogen and oxygen atoms in total. The minimum atomic E-state index is -0.777. The monoisotopic (exact) mass is 256 g/mol. The quantitative estimate of drug-likeness (QED) is 0.791. The van der Waals surface area contributed by atoms with Crippen molar-refractivity contribution in [3.05, 3.63) is 0 Å². The van der Waals surface area contributed by atoms with Gasteiger partial charge in [-0.05, 0) is 25.2 Å². The number of urea groups is 1. The molecule has 1 rings (SSSR count). The zero-order valence-electron chi connectivity index (χ0n) is 11.2. The molecule has 1 saturated heterocycles. The number of carboxylic acid groups (broad SMARTS) is 1. The Morgan fingerprint density at radius 1 is 1.22 bits per heavy atom. The average Bonchev–Trinajstić information content (AvgIpc) is 2.62. The lowest BCUT2D eigenvalue weighted by Gasteiger charge is -2.22. The Morgan fingerprint density at radius 2 is 1.83 bits per heavy atom. The molecule has 0 spiro atoms. The fourth-order valence-corrected chi connectivity index (χ4v) is 2.12. The van der Waals surface area contributed by atoms with E-state index in [1.54, 1.807) is 0 Å². The largest absolute Gasteiger partial charge is 0.481 e. The molecule has 0 saturated carbocycles. The number of nitrogens with one attached hydrogen (secondary N) is 1. The van der Waals surface area contributed by atoms with E-state index in [4.69, 9.17) is 5.11 Å². The topological polar surface area (TPSA) is 69.6 Å². The van der Waals surface area contributed by atoms with Gasteiger partial charge >= 0.3 is 12.0 Å². The number of amides is 2. The molecule has 0 aliphatic carbocycles. The Hall–Kier alpha value is -1.26.